The summed E-state index contributed by atoms with van der Waals surface area (Å²) in [4.78, 5) is 31.2. The molecule has 0 spiro atoms. The average Bonchev–Trinajstić information content (AvgIpc) is 3.47. The average molecular weight is 348 g/mol. The minimum Gasteiger partial charge on any atom is -0.349 e. The molecule has 0 saturated heterocycles. The smallest absolute Gasteiger partial charge is 0.260 e. The Kier molecular flexibility index (Phi) is 4.16. The van der Waals surface area contributed by atoms with E-state index in [0.717, 1.165) is 24.1 Å². The Bertz CT molecular complexity index is 1010. The van der Waals surface area contributed by atoms with Crippen LogP contribution in [0.5, 0.6) is 0 Å². The van der Waals surface area contributed by atoms with E-state index >= 15 is 0 Å². The van der Waals surface area contributed by atoms with Crippen LogP contribution in [0.4, 0.5) is 11.6 Å². The topological polar surface area (TPSA) is 86.9 Å². The second-order valence-corrected chi connectivity index (χ2v) is 6.68. The maximum Gasteiger partial charge on any atom is 0.260 e. The number of H-pyrrole nitrogens is 1. The Morgan fingerprint density at radius 1 is 1.15 bits per heavy atom. The lowest BCUT2D eigenvalue weighted by molar-refractivity contribution is -0.117. The van der Waals surface area contributed by atoms with Crippen molar-refractivity contribution in [3.63, 3.8) is 0 Å². The van der Waals surface area contributed by atoms with E-state index in [2.05, 4.69) is 20.6 Å². The number of nitrogens with zero attached hydrogens (tertiary/aromatic N) is 1. The summed E-state index contributed by atoms with van der Waals surface area (Å²) in [6.45, 7) is 1.99. The van der Waals surface area contributed by atoms with Gasteiger partial charge in [-0.25, -0.2) is 4.98 Å². The van der Waals surface area contributed by atoms with Crippen LogP contribution >= 0.6 is 0 Å². The third-order valence-electron chi connectivity index (χ3n) is 4.59. The van der Waals surface area contributed by atoms with E-state index < -0.39 is 0 Å². The predicted molar refractivity (Wildman–Crippen MR) is 102 cm³/mol. The molecule has 1 atom stereocenters. The first-order valence-corrected chi connectivity index (χ1v) is 8.76. The number of aromatic nitrogens is 2. The van der Waals surface area contributed by atoms with E-state index in [1.165, 1.54) is 0 Å². The summed E-state index contributed by atoms with van der Waals surface area (Å²) in [6.07, 6.45) is 1.98. The summed E-state index contributed by atoms with van der Waals surface area (Å²) in [5, 5.41) is 6.72. The lowest BCUT2D eigenvalue weighted by atomic mass is 10.1. The van der Waals surface area contributed by atoms with Gasteiger partial charge in [-0.3, -0.25) is 14.6 Å². The molecule has 2 aromatic carbocycles. The molecule has 1 heterocycles. The van der Waals surface area contributed by atoms with Gasteiger partial charge in [0.2, 0.25) is 11.9 Å². The van der Waals surface area contributed by atoms with Crippen LogP contribution in [0.1, 0.15) is 31.4 Å². The third-order valence-corrected chi connectivity index (χ3v) is 4.59. The fraction of sp³-hybridized carbons (Fsp3) is 0.250. The van der Waals surface area contributed by atoms with Crippen LogP contribution in [0.2, 0.25) is 0 Å². The second-order valence-electron chi connectivity index (χ2n) is 6.68. The fourth-order valence-corrected chi connectivity index (χ4v) is 2.89. The van der Waals surface area contributed by atoms with Crippen LogP contribution in [0, 0.1) is 5.92 Å². The molecule has 1 fully saturated rings. The highest BCUT2D eigenvalue weighted by molar-refractivity contribution is 5.94. The van der Waals surface area contributed by atoms with Crippen molar-refractivity contribution in [2.45, 2.75) is 25.8 Å². The number of anilines is 2. The van der Waals surface area contributed by atoms with Gasteiger partial charge in [0.1, 0.15) is 0 Å². The molecular weight excluding hydrogens is 328 g/mol. The van der Waals surface area contributed by atoms with Crippen LogP contribution in [-0.2, 0) is 4.79 Å². The van der Waals surface area contributed by atoms with E-state index in [4.69, 9.17) is 0 Å². The van der Waals surface area contributed by atoms with Gasteiger partial charge in [-0.2, -0.15) is 0 Å². The lowest BCUT2D eigenvalue weighted by Gasteiger charge is -2.15. The number of fused-ring (bicyclic) bond motifs is 1. The quantitative estimate of drug-likeness (QED) is 0.659. The van der Waals surface area contributed by atoms with Gasteiger partial charge in [0.25, 0.3) is 5.56 Å². The van der Waals surface area contributed by atoms with E-state index in [1.54, 1.807) is 6.07 Å². The Morgan fingerprint density at radius 2 is 1.88 bits per heavy atom. The molecule has 26 heavy (non-hydrogen) atoms. The summed E-state index contributed by atoms with van der Waals surface area (Å²) in [7, 11) is 0. The highest BCUT2D eigenvalue weighted by atomic mass is 16.2. The molecule has 6 nitrogen and oxygen atoms in total. The number of para-hydroxylation sites is 1. The number of amides is 1. The van der Waals surface area contributed by atoms with Gasteiger partial charge in [-0.05, 0) is 49.6 Å². The molecule has 1 aliphatic rings. The minimum atomic E-state index is -0.163. The SMILES string of the molecule is C[C@H](Nc1nc2ccccc2c(=O)[nH]1)c1ccc(NC(=O)C2CC2)cc1. The number of benzene rings is 2. The molecule has 1 aromatic heterocycles. The molecule has 1 saturated carbocycles. The molecular formula is C20H20N4O2. The Balaban J connectivity index is 1.48. The number of aromatic amines is 1. The third kappa shape index (κ3) is 3.44. The summed E-state index contributed by atoms with van der Waals surface area (Å²) in [5.74, 6) is 0.722. The molecule has 4 rings (SSSR count). The molecule has 132 valence electrons. The van der Waals surface area contributed by atoms with Crippen LogP contribution < -0.4 is 16.2 Å². The monoisotopic (exact) mass is 348 g/mol. The zero-order valence-electron chi connectivity index (χ0n) is 14.5. The highest BCUT2D eigenvalue weighted by Gasteiger charge is 2.29. The first-order chi connectivity index (χ1) is 12.6. The summed E-state index contributed by atoms with van der Waals surface area (Å²) < 4.78 is 0. The number of carbonyl (C=O) groups is 1. The van der Waals surface area contributed by atoms with Crippen LogP contribution in [0.15, 0.2) is 53.3 Å². The van der Waals surface area contributed by atoms with E-state index in [-0.39, 0.29) is 23.4 Å². The first kappa shape index (κ1) is 16.3. The maximum atomic E-state index is 12.1. The van der Waals surface area contributed by atoms with Gasteiger partial charge in [0.15, 0.2) is 0 Å². The lowest BCUT2D eigenvalue weighted by Crippen LogP contribution is -2.16. The fourth-order valence-electron chi connectivity index (χ4n) is 2.89. The van der Waals surface area contributed by atoms with Gasteiger partial charge < -0.3 is 10.6 Å². The molecule has 1 aliphatic carbocycles. The number of nitrogens with one attached hydrogen (secondary N) is 3. The number of hydrogen-bond donors (Lipinski definition) is 3. The largest absolute Gasteiger partial charge is 0.349 e. The van der Waals surface area contributed by atoms with Crippen molar-refractivity contribution in [1.82, 2.24) is 9.97 Å². The molecule has 3 aromatic rings. The van der Waals surface area contributed by atoms with Gasteiger partial charge >= 0.3 is 0 Å². The number of carbonyl (C=O) groups excluding carboxylic acids is 1. The van der Waals surface area contributed by atoms with Crippen LogP contribution in [0.25, 0.3) is 10.9 Å². The Morgan fingerprint density at radius 3 is 2.62 bits per heavy atom. The Hall–Kier alpha value is -3.15. The maximum absolute atomic E-state index is 12.1. The minimum absolute atomic E-state index is 0.0486. The molecule has 0 aliphatic heterocycles. The molecule has 0 radical (unpaired) electrons. The van der Waals surface area contributed by atoms with Crippen molar-refractivity contribution in [1.29, 1.82) is 0 Å². The van der Waals surface area contributed by atoms with Crippen molar-refractivity contribution in [2.24, 2.45) is 5.92 Å². The predicted octanol–water partition coefficient (Wildman–Crippen LogP) is 3.44. The summed E-state index contributed by atoms with van der Waals surface area (Å²) >= 11 is 0. The summed E-state index contributed by atoms with van der Waals surface area (Å²) in [5.41, 5.74) is 2.33. The molecule has 3 N–H and O–H groups in total. The zero-order chi connectivity index (χ0) is 18.1. The first-order valence-electron chi connectivity index (χ1n) is 8.76. The molecule has 6 heteroatoms. The van der Waals surface area contributed by atoms with Crippen molar-refractivity contribution >= 4 is 28.4 Å². The van der Waals surface area contributed by atoms with Gasteiger partial charge in [0, 0.05) is 11.6 Å². The van der Waals surface area contributed by atoms with Crippen molar-refractivity contribution < 1.29 is 4.79 Å². The molecule has 1 amide bonds. The standard InChI is InChI=1S/C20H20N4O2/c1-12(13-8-10-15(11-9-13)22-18(25)14-6-7-14)21-20-23-17-5-3-2-4-16(17)19(26)24-20/h2-5,8-12,14H,6-7H2,1H3,(H,22,25)(H2,21,23,24,26)/t12-/m0/s1. The number of rotatable bonds is 5. The van der Waals surface area contributed by atoms with Crippen molar-refractivity contribution in [3.05, 3.63) is 64.4 Å². The Labute approximate surface area is 150 Å². The van der Waals surface area contributed by atoms with Crippen LogP contribution in [-0.4, -0.2) is 15.9 Å². The normalized spacial score (nSPS) is 14.8. The van der Waals surface area contributed by atoms with E-state index in [1.807, 2.05) is 49.4 Å². The van der Waals surface area contributed by atoms with Crippen molar-refractivity contribution in [3.8, 4) is 0 Å². The van der Waals surface area contributed by atoms with Gasteiger partial charge in [0.05, 0.1) is 16.9 Å². The number of hydrogen-bond acceptors (Lipinski definition) is 4. The molecule has 0 bridgehead atoms. The van der Waals surface area contributed by atoms with Gasteiger partial charge in [-0.1, -0.05) is 24.3 Å². The van der Waals surface area contributed by atoms with E-state index in [0.29, 0.717) is 16.9 Å². The van der Waals surface area contributed by atoms with Crippen molar-refractivity contribution in [2.75, 3.05) is 10.6 Å². The second kappa shape index (κ2) is 6.63. The van der Waals surface area contributed by atoms with Crippen LogP contribution in [0.3, 0.4) is 0 Å². The van der Waals surface area contributed by atoms with E-state index in [9.17, 15) is 9.59 Å². The zero-order valence-corrected chi connectivity index (χ0v) is 14.5. The highest BCUT2D eigenvalue weighted by Crippen LogP contribution is 2.30. The summed E-state index contributed by atoms with van der Waals surface area (Å²) in [6, 6.07) is 14.9. The molecule has 0 unspecified atom stereocenters. The van der Waals surface area contributed by atoms with Gasteiger partial charge in [-0.15, -0.1) is 0 Å².